The van der Waals surface area contributed by atoms with Gasteiger partial charge in [-0.25, -0.2) is 4.39 Å². The lowest BCUT2D eigenvalue weighted by molar-refractivity contribution is 0.607. The summed E-state index contributed by atoms with van der Waals surface area (Å²) in [5.41, 5.74) is 2.86. The molecule has 0 saturated heterocycles. The van der Waals surface area contributed by atoms with Gasteiger partial charge in [0.25, 0.3) is 0 Å². The number of nitrogens with one attached hydrogen (secondary N) is 1. The van der Waals surface area contributed by atoms with Crippen molar-refractivity contribution in [3.05, 3.63) is 59.7 Å². The molecule has 1 N–H and O–H groups in total. The van der Waals surface area contributed by atoms with E-state index in [9.17, 15) is 4.39 Å². The number of rotatable bonds is 5. The van der Waals surface area contributed by atoms with Crippen molar-refractivity contribution in [2.75, 3.05) is 19.0 Å². The van der Waals surface area contributed by atoms with E-state index in [1.54, 1.807) is 12.3 Å². The molecule has 19 heavy (non-hydrogen) atoms. The van der Waals surface area contributed by atoms with E-state index in [0.717, 1.165) is 17.8 Å². The van der Waals surface area contributed by atoms with Crippen molar-refractivity contribution in [2.24, 2.45) is 0 Å². The number of nitrogens with zero attached hydrogens (tertiary/aromatic N) is 2. The van der Waals surface area contributed by atoms with Crippen molar-refractivity contribution in [1.82, 2.24) is 10.3 Å². The van der Waals surface area contributed by atoms with Crippen LogP contribution in [-0.4, -0.2) is 19.1 Å². The predicted molar refractivity (Wildman–Crippen MR) is 75.5 cm³/mol. The molecular weight excluding hydrogens is 241 g/mol. The van der Waals surface area contributed by atoms with Crippen LogP contribution in [0.2, 0.25) is 0 Å². The van der Waals surface area contributed by atoms with Gasteiger partial charge in [-0.2, -0.15) is 0 Å². The molecule has 2 rings (SSSR count). The molecule has 0 aliphatic carbocycles. The third-order valence-electron chi connectivity index (χ3n) is 3.02. The number of pyridine rings is 1. The van der Waals surface area contributed by atoms with Gasteiger partial charge >= 0.3 is 0 Å². The van der Waals surface area contributed by atoms with Gasteiger partial charge < -0.3 is 10.2 Å². The Morgan fingerprint density at radius 1 is 1.21 bits per heavy atom. The summed E-state index contributed by atoms with van der Waals surface area (Å²) >= 11 is 0. The molecule has 0 radical (unpaired) electrons. The Balaban J connectivity index is 2.20. The first-order chi connectivity index (χ1) is 9.22. The van der Waals surface area contributed by atoms with E-state index in [2.05, 4.69) is 10.3 Å². The van der Waals surface area contributed by atoms with Crippen molar-refractivity contribution < 1.29 is 4.39 Å². The Kier molecular flexibility index (Phi) is 4.47. The van der Waals surface area contributed by atoms with Crippen LogP contribution >= 0.6 is 0 Å². The second-order valence-corrected chi connectivity index (χ2v) is 4.48. The lowest BCUT2D eigenvalue weighted by Gasteiger charge is -2.22. The van der Waals surface area contributed by atoms with Gasteiger partial charge in [0.05, 0.1) is 0 Å². The van der Waals surface area contributed by atoms with Gasteiger partial charge in [-0.1, -0.05) is 18.2 Å². The minimum Gasteiger partial charge on any atom is -0.370 e. The highest BCUT2D eigenvalue weighted by Crippen LogP contribution is 2.20. The number of anilines is 1. The Labute approximate surface area is 113 Å². The maximum absolute atomic E-state index is 13.7. The highest BCUT2D eigenvalue weighted by molar-refractivity contribution is 5.52. The SMILES string of the molecule is CNCc1cnccc1N(C)Cc1ccccc1F. The highest BCUT2D eigenvalue weighted by Gasteiger charge is 2.09. The average Bonchev–Trinajstić information content (AvgIpc) is 2.42. The molecule has 0 bridgehead atoms. The normalized spacial score (nSPS) is 10.5. The molecule has 2 aromatic rings. The summed E-state index contributed by atoms with van der Waals surface area (Å²) in [7, 11) is 3.86. The molecule has 0 unspecified atom stereocenters. The number of aromatic nitrogens is 1. The van der Waals surface area contributed by atoms with Crippen LogP contribution in [0.3, 0.4) is 0 Å². The zero-order valence-electron chi connectivity index (χ0n) is 11.2. The lowest BCUT2D eigenvalue weighted by atomic mass is 10.1. The van der Waals surface area contributed by atoms with Crippen LogP contribution in [-0.2, 0) is 13.1 Å². The fourth-order valence-corrected chi connectivity index (χ4v) is 2.09. The highest BCUT2D eigenvalue weighted by atomic mass is 19.1. The second kappa shape index (κ2) is 6.29. The molecule has 1 aromatic carbocycles. The summed E-state index contributed by atoms with van der Waals surface area (Å²) in [5, 5.41) is 3.11. The molecule has 0 aliphatic rings. The van der Waals surface area contributed by atoms with Gasteiger partial charge in [-0.05, 0) is 19.2 Å². The molecule has 1 heterocycles. The zero-order chi connectivity index (χ0) is 13.7. The largest absolute Gasteiger partial charge is 0.370 e. The number of hydrogen-bond donors (Lipinski definition) is 1. The molecule has 0 amide bonds. The Bertz CT molecular complexity index is 542. The predicted octanol–water partition coefficient (Wildman–Crippen LogP) is 2.58. The molecule has 100 valence electrons. The van der Waals surface area contributed by atoms with E-state index in [4.69, 9.17) is 0 Å². The van der Waals surface area contributed by atoms with Gasteiger partial charge in [0.1, 0.15) is 5.82 Å². The van der Waals surface area contributed by atoms with Crippen LogP contribution in [0.25, 0.3) is 0 Å². The molecule has 0 saturated carbocycles. The van der Waals surface area contributed by atoms with Crippen LogP contribution in [0.15, 0.2) is 42.7 Å². The third kappa shape index (κ3) is 3.29. The standard InChI is InChI=1S/C15H18FN3/c1-17-9-13-10-18-8-7-15(13)19(2)11-12-5-3-4-6-14(12)16/h3-8,10,17H,9,11H2,1-2H3. The zero-order valence-corrected chi connectivity index (χ0v) is 11.2. The summed E-state index contributed by atoms with van der Waals surface area (Å²) in [6, 6.07) is 8.81. The second-order valence-electron chi connectivity index (χ2n) is 4.48. The Morgan fingerprint density at radius 3 is 2.74 bits per heavy atom. The minimum atomic E-state index is -0.168. The quantitative estimate of drug-likeness (QED) is 0.894. The topological polar surface area (TPSA) is 28.2 Å². The Hall–Kier alpha value is -1.94. The monoisotopic (exact) mass is 259 g/mol. The van der Waals surface area contributed by atoms with E-state index < -0.39 is 0 Å². The average molecular weight is 259 g/mol. The van der Waals surface area contributed by atoms with Gasteiger partial charge in [0.2, 0.25) is 0 Å². The van der Waals surface area contributed by atoms with E-state index in [1.807, 2.05) is 43.4 Å². The number of benzene rings is 1. The first-order valence-electron chi connectivity index (χ1n) is 6.24. The molecule has 0 spiro atoms. The first-order valence-corrected chi connectivity index (χ1v) is 6.24. The summed E-state index contributed by atoms with van der Waals surface area (Å²) < 4.78 is 13.7. The smallest absolute Gasteiger partial charge is 0.128 e. The number of halogens is 1. The maximum Gasteiger partial charge on any atom is 0.128 e. The molecule has 4 heteroatoms. The maximum atomic E-state index is 13.7. The van der Waals surface area contributed by atoms with E-state index >= 15 is 0 Å². The van der Waals surface area contributed by atoms with Crippen molar-refractivity contribution in [1.29, 1.82) is 0 Å². The van der Waals surface area contributed by atoms with Gasteiger partial charge in [0.15, 0.2) is 0 Å². The van der Waals surface area contributed by atoms with Gasteiger partial charge in [-0.15, -0.1) is 0 Å². The number of hydrogen-bond acceptors (Lipinski definition) is 3. The molecule has 0 aliphatic heterocycles. The van der Waals surface area contributed by atoms with Crippen LogP contribution in [0.5, 0.6) is 0 Å². The summed E-state index contributed by atoms with van der Waals surface area (Å²) in [4.78, 5) is 6.16. The van der Waals surface area contributed by atoms with Crippen molar-refractivity contribution in [3.8, 4) is 0 Å². The molecule has 3 nitrogen and oxygen atoms in total. The molecule has 1 aromatic heterocycles. The van der Waals surface area contributed by atoms with Crippen LogP contribution in [0.1, 0.15) is 11.1 Å². The first kappa shape index (κ1) is 13.5. The van der Waals surface area contributed by atoms with Crippen molar-refractivity contribution in [2.45, 2.75) is 13.1 Å². The summed E-state index contributed by atoms with van der Waals surface area (Å²) in [5.74, 6) is -0.168. The third-order valence-corrected chi connectivity index (χ3v) is 3.02. The fraction of sp³-hybridized carbons (Fsp3) is 0.267. The van der Waals surface area contributed by atoms with E-state index in [-0.39, 0.29) is 5.82 Å². The summed E-state index contributed by atoms with van der Waals surface area (Å²) in [6.45, 7) is 1.28. The summed E-state index contributed by atoms with van der Waals surface area (Å²) in [6.07, 6.45) is 3.59. The lowest BCUT2D eigenvalue weighted by Crippen LogP contribution is -2.20. The van der Waals surface area contributed by atoms with Gasteiger partial charge in [-0.3, -0.25) is 4.98 Å². The Morgan fingerprint density at radius 2 is 2.00 bits per heavy atom. The van der Waals surface area contributed by atoms with Gasteiger partial charge in [0, 0.05) is 49.3 Å². The van der Waals surface area contributed by atoms with E-state index in [0.29, 0.717) is 12.1 Å². The molecule has 0 fully saturated rings. The van der Waals surface area contributed by atoms with Crippen molar-refractivity contribution >= 4 is 5.69 Å². The van der Waals surface area contributed by atoms with Crippen molar-refractivity contribution in [3.63, 3.8) is 0 Å². The molecular formula is C15H18FN3. The molecule has 0 atom stereocenters. The van der Waals surface area contributed by atoms with Crippen LogP contribution < -0.4 is 10.2 Å². The van der Waals surface area contributed by atoms with Crippen LogP contribution in [0.4, 0.5) is 10.1 Å². The van der Waals surface area contributed by atoms with Crippen LogP contribution in [0, 0.1) is 5.82 Å². The minimum absolute atomic E-state index is 0.168. The van der Waals surface area contributed by atoms with E-state index in [1.165, 1.54) is 6.07 Å². The fourth-order valence-electron chi connectivity index (χ4n) is 2.09.